The molecule has 0 spiro atoms. The summed E-state index contributed by atoms with van der Waals surface area (Å²) in [5.74, 6) is -0.237. The van der Waals surface area contributed by atoms with Gasteiger partial charge in [0.05, 0.1) is 17.1 Å². The minimum Gasteiger partial charge on any atom is -0.367 e. The molecule has 28 heavy (non-hydrogen) atoms. The summed E-state index contributed by atoms with van der Waals surface area (Å²) in [7, 11) is 1.87. The van der Waals surface area contributed by atoms with Gasteiger partial charge in [0.1, 0.15) is 11.0 Å². The van der Waals surface area contributed by atoms with E-state index in [1.54, 1.807) is 23.0 Å². The zero-order chi connectivity index (χ0) is 19.7. The van der Waals surface area contributed by atoms with Crippen molar-refractivity contribution in [2.24, 2.45) is 7.05 Å². The minimum absolute atomic E-state index is 0.237. The Morgan fingerprint density at radius 1 is 1.07 bits per heavy atom. The molecule has 0 N–H and O–H groups in total. The van der Waals surface area contributed by atoms with E-state index in [1.807, 2.05) is 20.0 Å². The highest BCUT2D eigenvalue weighted by Gasteiger charge is 2.22. The van der Waals surface area contributed by atoms with Crippen LogP contribution in [0.3, 0.4) is 0 Å². The number of halogens is 2. The predicted octanol–water partition coefficient (Wildman–Crippen LogP) is 3.91. The fourth-order valence-corrected chi connectivity index (χ4v) is 3.94. The summed E-state index contributed by atoms with van der Waals surface area (Å²) < 4.78 is 15.0. The molecule has 0 saturated carbocycles. The van der Waals surface area contributed by atoms with E-state index < -0.39 is 0 Å². The van der Waals surface area contributed by atoms with E-state index in [9.17, 15) is 4.39 Å². The smallest absolute Gasteiger partial charge is 0.131 e. The van der Waals surface area contributed by atoms with Gasteiger partial charge in [0.25, 0.3) is 0 Å². The average molecular weight is 400 g/mol. The van der Waals surface area contributed by atoms with Crippen LogP contribution >= 0.6 is 11.6 Å². The number of aryl methyl sites for hydroxylation is 2. The Balaban J connectivity index is 1.48. The molecule has 0 amide bonds. The lowest BCUT2D eigenvalue weighted by atomic mass is 10.1. The van der Waals surface area contributed by atoms with Crippen LogP contribution in [0.1, 0.15) is 11.3 Å². The Hall–Kier alpha value is -2.44. The van der Waals surface area contributed by atoms with Crippen LogP contribution in [-0.4, -0.2) is 45.8 Å². The van der Waals surface area contributed by atoms with E-state index in [0.717, 1.165) is 60.9 Å². The van der Waals surface area contributed by atoms with Crippen LogP contribution in [0, 0.1) is 12.7 Å². The van der Waals surface area contributed by atoms with Crippen molar-refractivity contribution in [3.63, 3.8) is 0 Å². The SMILES string of the molecule is Cc1nn(C)c(Cl)c1CN1CCN(c2cccnc2-c2ccc(F)cc2)CC1. The molecule has 4 rings (SSSR count). The molecular weight excluding hydrogens is 377 g/mol. The molecule has 3 aromatic rings. The maximum absolute atomic E-state index is 13.3. The molecule has 0 aliphatic carbocycles. The van der Waals surface area contributed by atoms with Gasteiger partial charge in [0, 0.05) is 57.1 Å². The number of benzene rings is 1. The van der Waals surface area contributed by atoms with Gasteiger partial charge >= 0.3 is 0 Å². The first kappa shape index (κ1) is 18.9. The van der Waals surface area contributed by atoms with Crippen molar-refractivity contribution in [1.82, 2.24) is 19.7 Å². The van der Waals surface area contributed by atoms with Crippen molar-refractivity contribution < 1.29 is 4.39 Å². The van der Waals surface area contributed by atoms with Crippen LogP contribution in [0.4, 0.5) is 10.1 Å². The molecular formula is C21H23ClFN5. The summed E-state index contributed by atoms with van der Waals surface area (Å²) in [6, 6.07) is 10.6. The van der Waals surface area contributed by atoms with Crippen LogP contribution < -0.4 is 4.90 Å². The molecule has 0 atom stereocenters. The standard InChI is InChI=1S/C21H23ClFN5/c1-15-18(21(22)26(2)25-15)14-27-10-12-28(13-11-27)19-4-3-9-24-20(19)16-5-7-17(23)8-6-16/h3-9H,10-14H2,1-2H3. The molecule has 146 valence electrons. The molecule has 1 aliphatic heterocycles. The van der Waals surface area contributed by atoms with Crippen molar-refractivity contribution in [2.75, 3.05) is 31.1 Å². The second kappa shape index (κ2) is 7.89. The summed E-state index contributed by atoms with van der Waals surface area (Å²) in [5.41, 5.74) is 5.00. The normalized spacial score (nSPS) is 15.2. The van der Waals surface area contributed by atoms with Crippen LogP contribution in [0.25, 0.3) is 11.3 Å². The molecule has 7 heteroatoms. The lowest BCUT2D eigenvalue weighted by molar-refractivity contribution is 0.249. The summed E-state index contributed by atoms with van der Waals surface area (Å²) >= 11 is 6.39. The second-order valence-corrected chi connectivity index (χ2v) is 7.48. The molecule has 1 saturated heterocycles. The number of hydrogen-bond acceptors (Lipinski definition) is 4. The topological polar surface area (TPSA) is 37.2 Å². The molecule has 0 bridgehead atoms. The molecule has 1 aliphatic rings. The average Bonchev–Trinajstić information content (AvgIpc) is 2.95. The number of rotatable bonds is 4. The van der Waals surface area contributed by atoms with Gasteiger partial charge in [0.15, 0.2) is 0 Å². The maximum Gasteiger partial charge on any atom is 0.131 e. The predicted molar refractivity (Wildman–Crippen MR) is 110 cm³/mol. The summed E-state index contributed by atoms with van der Waals surface area (Å²) in [6.45, 7) is 6.48. The van der Waals surface area contributed by atoms with Crippen molar-refractivity contribution >= 4 is 17.3 Å². The molecule has 0 radical (unpaired) electrons. The van der Waals surface area contributed by atoms with E-state index in [2.05, 4.69) is 25.9 Å². The van der Waals surface area contributed by atoms with E-state index in [4.69, 9.17) is 11.6 Å². The van der Waals surface area contributed by atoms with E-state index in [0.29, 0.717) is 5.15 Å². The van der Waals surface area contributed by atoms with Crippen molar-refractivity contribution in [2.45, 2.75) is 13.5 Å². The molecule has 3 heterocycles. The quantitative estimate of drug-likeness (QED) is 0.666. The Morgan fingerprint density at radius 2 is 1.79 bits per heavy atom. The third kappa shape index (κ3) is 3.75. The summed E-state index contributed by atoms with van der Waals surface area (Å²) in [4.78, 5) is 9.31. The van der Waals surface area contributed by atoms with Gasteiger partial charge in [0.2, 0.25) is 0 Å². The van der Waals surface area contributed by atoms with Crippen molar-refractivity contribution in [3.8, 4) is 11.3 Å². The van der Waals surface area contributed by atoms with Gasteiger partial charge < -0.3 is 4.90 Å². The highest BCUT2D eigenvalue weighted by molar-refractivity contribution is 6.30. The first-order chi connectivity index (χ1) is 13.5. The van der Waals surface area contributed by atoms with Gasteiger partial charge in [-0.1, -0.05) is 11.6 Å². The van der Waals surface area contributed by atoms with Gasteiger partial charge in [-0.3, -0.25) is 14.6 Å². The van der Waals surface area contributed by atoms with Gasteiger partial charge in [-0.2, -0.15) is 5.10 Å². The largest absolute Gasteiger partial charge is 0.367 e. The second-order valence-electron chi connectivity index (χ2n) is 7.12. The molecule has 1 aromatic carbocycles. The highest BCUT2D eigenvalue weighted by Crippen LogP contribution is 2.30. The van der Waals surface area contributed by atoms with Crippen LogP contribution in [0.5, 0.6) is 0 Å². The Kier molecular flexibility index (Phi) is 5.33. The zero-order valence-electron chi connectivity index (χ0n) is 16.1. The fourth-order valence-electron chi connectivity index (χ4n) is 3.71. The molecule has 1 fully saturated rings. The zero-order valence-corrected chi connectivity index (χ0v) is 16.8. The monoisotopic (exact) mass is 399 g/mol. The Labute approximate surface area is 169 Å². The lowest BCUT2D eigenvalue weighted by Crippen LogP contribution is -2.46. The van der Waals surface area contributed by atoms with E-state index in [1.165, 1.54) is 12.1 Å². The Morgan fingerprint density at radius 3 is 2.43 bits per heavy atom. The minimum atomic E-state index is -0.237. The van der Waals surface area contributed by atoms with Crippen LogP contribution in [-0.2, 0) is 13.6 Å². The highest BCUT2D eigenvalue weighted by atomic mass is 35.5. The Bertz CT molecular complexity index is 961. The third-order valence-electron chi connectivity index (χ3n) is 5.27. The molecule has 5 nitrogen and oxygen atoms in total. The third-order valence-corrected chi connectivity index (χ3v) is 5.74. The first-order valence-corrected chi connectivity index (χ1v) is 9.77. The number of anilines is 1. The number of piperazine rings is 1. The lowest BCUT2D eigenvalue weighted by Gasteiger charge is -2.36. The number of pyridine rings is 1. The van der Waals surface area contributed by atoms with Gasteiger partial charge in [-0.25, -0.2) is 4.39 Å². The van der Waals surface area contributed by atoms with Crippen LogP contribution in [0.2, 0.25) is 5.15 Å². The fraction of sp³-hybridized carbons (Fsp3) is 0.333. The number of nitrogens with zero attached hydrogens (tertiary/aromatic N) is 5. The molecule has 2 aromatic heterocycles. The number of hydrogen-bond donors (Lipinski definition) is 0. The number of aromatic nitrogens is 3. The first-order valence-electron chi connectivity index (χ1n) is 9.39. The van der Waals surface area contributed by atoms with Gasteiger partial charge in [-0.15, -0.1) is 0 Å². The van der Waals surface area contributed by atoms with E-state index >= 15 is 0 Å². The van der Waals surface area contributed by atoms with Gasteiger partial charge in [-0.05, 0) is 43.3 Å². The summed E-state index contributed by atoms with van der Waals surface area (Å²) in [5, 5.41) is 5.12. The van der Waals surface area contributed by atoms with E-state index in [-0.39, 0.29) is 5.82 Å². The van der Waals surface area contributed by atoms with Crippen molar-refractivity contribution in [1.29, 1.82) is 0 Å². The maximum atomic E-state index is 13.3. The molecule has 0 unspecified atom stereocenters. The summed E-state index contributed by atoms with van der Waals surface area (Å²) in [6.07, 6.45) is 1.78. The van der Waals surface area contributed by atoms with Crippen LogP contribution in [0.15, 0.2) is 42.6 Å². The van der Waals surface area contributed by atoms with Crippen molar-refractivity contribution in [3.05, 3.63) is 64.8 Å².